The van der Waals surface area contributed by atoms with Crippen molar-refractivity contribution in [2.75, 3.05) is 36.8 Å². The van der Waals surface area contributed by atoms with Crippen LogP contribution in [0.15, 0.2) is 59.5 Å². The highest BCUT2D eigenvalue weighted by Gasteiger charge is 2.20. The van der Waals surface area contributed by atoms with Crippen molar-refractivity contribution in [2.24, 2.45) is 0 Å². The first-order valence-corrected chi connectivity index (χ1v) is 9.17. The van der Waals surface area contributed by atoms with Crippen LogP contribution in [0.2, 0.25) is 0 Å². The van der Waals surface area contributed by atoms with Gasteiger partial charge in [-0.25, -0.2) is 4.39 Å². The number of piperazine rings is 1. The third kappa shape index (κ3) is 4.51. The second-order valence-electron chi connectivity index (χ2n) is 5.76. The molecule has 1 saturated heterocycles. The quantitative estimate of drug-likeness (QED) is 0.774. The van der Waals surface area contributed by atoms with Gasteiger partial charge in [0.2, 0.25) is 5.91 Å². The molecular weight excluding hydrogens is 323 g/mol. The smallest absolute Gasteiger partial charge is 0.223 e. The molecule has 5 heteroatoms. The maximum Gasteiger partial charge on any atom is 0.223 e. The highest BCUT2D eigenvalue weighted by atomic mass is 32.2. The number of hydrogen-bond donors (Lipinski definition) is 0. The van der Waals surface area contributed by atoms with E-state index >= 15 is 0 Å². The maximum absolute atomic E-state index is 12.9. The van der Waals surface area contributed by atoms with Crippen molar-refractivity contribution in [1.29, 1.82) is 0 Å². The summed E-state index contributed by atoms with van der Waals surface area (Å²) in [4.78, 5) is 17.6. The first-order valence-electron chi connectivity index (χ1n) is 8.18. The molecule has 2 aromatic rings. The SMILES string of the molecule is O=C(CCSc1ccc(F)cc1)N1CCN(c2ccccc2)CC1. The summed E-state index contributed by atoms with van der Waals surface area (Å²) in [5.74, 6) is 0.702. The minimum atomic E-state index is -0.230. The Hall–Kier alpha value is -2.01. The van der Waals surface area contributed by atoms with E-state index < -0.39 is 0 Å². The lowest BCUT2D eigenvalue weighted by Crippen LogP contribution is -2.48. The van der Waals surface area contributed by atoms with Crippen LogP contribution in [0.5, 0.6) is 0 Å². The lowest BCUT2D eigenvalue weighted by atomic mass is 10.2. The number of rotatable bonds is 5. The van der Waals surface area contributed by atoms with E-state index in [1.165, 1.54) is 17.8 Å². The molecule has 1 aliphatic heterocycles. The van der Waals surface area contributed by atoms with Crippen LogP contribution in [-0.4, -0.2) is 42.7 Å². The van der Waals surface area contributed by atoms with Crippen molar-refractivity contribution < 1.29 is 9.18 Å². The number of carbonyl (C=O) groups is 1. The van der Waals surface area contributed by atoms with Crippen molar-refractivity contribution in [3.63, 3.8) is 0 Å². The average molecular weight is 344 g/mol. The minimum absolute atomic E-state index is 0.206. The number of benzene rings is 2. The van der Waals surface area contributed by atoms with Gasteiger partial charge in [-0.1, -0.05) is 18.2 Å². The Morgan fingerprint density at radius 3 is 2.29 bits per heavy atom. The van der Waals surface area contributed by atoms with Crippen LogP contribution in [-0.2, 0) is 4.79 Å². The summed E-state index contributed by atoms with van der Waals surface area (Å²) in [7, 11) is 0. The second-order valence-corrected chi connectivity index (χ2v) is 6.92. The number of thioether (sulfide) groups is 1. The predicted molar refractivity (Wildman–Crippen MR) is 97.0 cm³/mol. The maximum atomic E-state index is 12.9. The fourth-order valence-corrected chi connectivity index (χ4v) is 3.64. The summed E-state index contributed by atoms with van der Waals surface area (Å²) in [6.07, 6.45) is 0.521. The van der Waals surface area contributed by atoms with Crippen molar-refractivity contribution in [2.45, 2.75) is 11.3 Å². The van der Waals surface area contributed by atoms with Crippen LogP contribution in [0.4, 0.5) is 10.1 Å². The van der Waals surface area contributed by atoms with Crippen LogP contribution in [0.3, 0.4) is 0 Å². The van der Waals surface area contributed by atoms with Gasteiger partial charge in [0.15, 0.2) is 0 Å². The van der Waals surface area contributed by atoms with Crippen molar-refractivity contribution in [3.05, 3.63) is 60.4 Å². The molecule has 0 spiro atoms. The lowest BCUT2D eigenvalue weighted by Gasteiger charge is -2.36. The van der Waals surface area contributed by atoms with E-state index in [0.717, 1.165) is 36.8 Å². The van der Waals surface area contributed by atoms with Crippen LogP contribution >= 0.6 is 11.8 Å². The summed E-state index contributed by atoms with van der Waals surface area (Å²) in [6.45, 7) is 3.30. The summed E-state index contributed by atoms with van der Waals surface area (Å²) in [5.41, 5.74) is 1.22. The third-order valence-corrected chi connectivity index (χ3v) is 5.17. The molecule has 1 amide bonds. The summed E-state index contributed by atoms with van der Waals surface area (Å²) in [5, 5.41) is 0. The Kier molecular flexibility index (Phi) is 5.75. The molecule has 0 radical (unpaired) electrons. The van der Waals surface area contributed by atoms with Gasteiger partial charge in [-0.05, 0) is 36.4 Å². The van der Waals surface area contributed by atoms with Crippen molar-refractivity contribution in [1.82, 2.24) is 4.90 Å². The topological polar surface area (TPSA) is 23.6 Å². The summed E-state index contributed by atoms with van der Waals surface area (Å²) >= 11 is 1.59. The fraction of sp³-hybridized carbons (Fsp3) is 0.316. The van der Waals surface area contributed by atoms with E-state index in [9.17, 15) is 9.18 Å². The zero-order valence-electron chi connectivity index (χ0n) is 13.5. The Morgan fingerprint density at radius 2 is 1.62 bits per heavy atom. The normalized spacial score (nSPS) is 14.7. The molecule has 0 atom stereocenters. The Bertz CT molecular complexity index is 655. The highest BCUT2D eigenvalue weighted by Crippen LogP contribution is 2.20. The molecule has 0 unspecified atom stereocenters. The first kappa shape index (κ1) is 16.8. The van der Waals surface area contributed by atoms with Crippen molar-refractivity contribution >= 4 is 23.4 Å². The van der Waals surface area contributed by atoms with Crippen LogP contribution in [0, 0.1) is 5.82 Å². The highest BCUT2D eigenvalue weighted by molar-refractivity contribution is 7.99. The molecule has 1 aliphatic rings. The number of amides is 1. The second kappa shape index (κ2) is 8.20. The first-order chi connectivity index (χ1) is 11.7. The monoisotopic (exact) mass is 344 g/mol. The van der Waals surface area contributed by atoms with Gasteiger partial charge in [-0.15, -0.1) is 11.8 Å². The summed E-state index contributed by atoms with van der Waals surface area (Å²) in [6, 6.07) is 16.7. The van der Waals surface area contributed by atoms with E-state index in [0.29, 0.717) is 6.42 Å². The van der Waals surface area contributed by atoms with E-state index in [2.05, 4.69) is 17.0 Å². The molecule has 0 bridgehead atoms. The molecule has 0 aliphatic carbocycles. The van der Waals surface area contributed by atoms with Gasteiger partial charge < -0.3 is 9.80 Å². The zero-order chi connectivity index (χ0) is 16.8. The van der Waals surface area contributed by atoms with Gasteiger partial charge in [0, 0.05) is 48.9 Å². The molecule has 2 aromatic carbocycles. The van der Waals surface area contributed by atoms with Crippen molar-refractivity contribution in [3.8, 4) is 0 Å². The van der Waals surface area contributed by atoms with Crippen LogP contribution in [0.25, 0.3) is 0 Å². The molecule has 3 rings (SSSR count). The van der Waals surface area contributed by atoms with Gasteiger partial charge in [-0.2, -0.15) is 0 Å². The minimum Gasteiger partial charge on any atom is -0.368 e. The third-order valence-electron chi connectivity index (χ3n) is 4.15. The molecule has 0 aromatic heterocycles. The molecule has 0 saturated carbocycles. The number of anilines is 1. The lowest BCUT2D eigenvalue weighted by molar-refractivity contribution is -0.131. The molecule has 3 nitrogen and oxygen atoms in total. The van der Waals surface area contributed by atoms with E-state index in [-0.39, 0.29) is 11.7 Å². The Labute approximate surface area is 146 Å². The molecule has 24 heavy (non-hydrogen) atoms. The Morgan fingerprint density at radius 1 is 0.958 bits per heavy atom. The molecular formula is C19H21FN2OS. The number of carbonyl (C=O) groups excluding carboxylic acids is 1. The van der Waals surface area contributed by atoms with Gasteiger partial charge in [0.05, 0.1) is 0 Å². The number of hydrogen-bond acceptors (Lipinski definition) is 3. The van der Waals surface area contributed by atoms with Crippen LogP contribution in [0.1, 0.15) is 6.42 Å². The zero-order valence-corrected chi connectivity index (χ0v) is 14.3. The van der Waals surface area contributed by atoms with Crippen LogP contribution < -0.4 is 4.90 Å². The van der Waals surface area contributed by atoms with E-state index in [1.54, 1.807) is 23.9 Å². The molecule has 126 valence electrons. The largest absolute Gasteiger partial charge is 0.368 e. The predicted octanol–water partition coefficient (Wildman–Crippen LogP) is 3.66. The van der Waals surface area contributed by atoms with E-state index in [1.807, 2.05) is 23.1 Å². The fourth-order valence-electron chi connectivity index (χ4n) is 2.80. The van der Waals surface area contributed by atoms with Gasteiger partial charge in [0.1, 0.15) is 5.82 Å². The number of para-hydroxylation sites is 1. The standard InChI is InChI=1S/C19H21FN2OS/c20-16-6-8-18(9-7-16)24-15-10-19(23)22-13-11-21(12-14-22)17-4-2-1-3-5-17/h1-9H,10-15H2. The number of halogens is 1. The van der Waals surface area contributed by atoms with Gasteiger partial charge >= 0.3 is 0 Å². The average Bonchev–Trinajstić information content (AvgIpc) is 2.64. The molecule has 1 heterocycles. The molecule has 1 fully saturated rings. The van der Waals surface area contributed by atoms with Gasteiger partial charge in [-0.3, -0.25) is 4.79 Å². The summed E-state index contributed by atoms with van der Waals surface area (Å²) < 4.78 is 12.9. The Balaban J connectivity index is 1.41. The van der Waals surface area contributed by atoms with E-state index in [4.69, 9.17) is 0 Å². The molecule has 0 N–H and O–H groups in total. The van der Waals surface area contributed by atoms with Gasteiger partial charge in [0.25, 0.3) is 0 Å². The number of nitrogens with zero attached hydrogens (tertiary/aromatic N) is 2.